The zero-order valence-electron chi connectivity index (χ0n) is 22.0. The van der Waals surface area contributed by atoms with Gasteiger partial charge in [0, 0.05) is 36.3 Å². The summed E-state index contributed by atoms with van der Waals surface area (Å²) in [6, 6.07) is 13.2. The van der Waals surface area contributed by atoms with Crippen LogP contribution in [0.4, 0.5) is 10.2 Å². The second kappa shape index (κ2) is 11.5. The van der Waals surface area contributed by atoms with E-state index in [9.17, 15) is 9.30 Å². The van der Waals surface area contributed by atoms with Gasteiger partial charge in [0.1, 0.15) is 34.5 Å². The van der Waals surface area contributed by atoms with Crippen molar-refractivity contribution in [2.24, 2.45) is 5.18 Å². The lowest BCUT2D eigenvalue weighted by Crippen LogP contribution is -2.07. The molecule has 0 radical (unpaired) electrons. The Bertz CT molecular complexity index is 1600. The Hall–Kier alpha value is -4.53. The number of rotatable bonds is 10. The summed E-state index contributed by atoms with van der Waals surface area (Å²) in [5, 5.41) is 3.11. The summed E-state index contributed by atoms with van der Waals surface area (Å²) in [7, 11) is 0. The number of fused-ring (bicyclic) bond motifs is 1. The molecule has 0 aliphatic carbocycles. The molecule has 0 saturated carbocycles. The minimum absolute atomic E-state index is 0.120. The first kappa shape index (κ1) is 26.1. The first-order valence-electron chi connectivity index (χ1n) is 13.0. The van der Waals surface area contributed by atoms with E-state index >= 15 is 0 Å². The maximum absolute atomic E-state index is 14.5. The molecule has 0 aliphatic rings. The Labute approximate surface area is 226 Å². The van der Waals surface area contributed by atoms with Crippen LogP contribution in [0.15, 0.2) is 72.4 Å². The lowest BCUT2D eigenvalue weighted by atomic mass is 9.98. The number of halogens is 1. The van der Waals surface area contributed by atoms with Gasteiger partial charge < -0.3 is 5.73 Å². The molecule has 2 N–H and O–H groups in total. The molecule has 39 heavy (non-hydrogen) atoms. The van der Waals surface area contributed by atoms with Gasteiger partial charge >= 0.3 is 0 Å². The van der Waals surface area contributed by atoms with E-state index in [0.717, 1.165) is 52.3 Å². The summed E-state index contributed by atoms with van der Waals surface area (Å²) in [5.41, 5.74) is 12.5. The molecule has 0 aliphatic heterocycles. The zero-order chi connectivity index (χ0) is 27.4. The Morgan fingerprint density at radius 2 is 1.69 bits per heavy atom. The van der Waals surface area contributed by atoms with Crippen LogP contribution in [0.1, 0.15) is 53.2 Å². The quantitative estimate of drug-likeness (QED) is 0.230. The summed E-state index contributed by atoms with van der Waals surface area (Å²) >= 11 is 0. The van der Waals surface area contributed by atoms with E-state index in [4.69, 9.17) is 10.7 Å². The van der Waals surface area contributed by atoms with Gasteiger partial charge in [0.05, 0.1) is 6.54 Å². The highest BCUT2D eigenvalue weighted by atomic mass is 19.1. The van der Waals surface area contributed by atoms with E-state index in [2.05, 4.69) is 26.2 Å². The van der Waals surface area contributed by atoms with Crippen molar-refractivity contribution >= 4 is 11.3 Å². The molecule has 5 aromatic rings. The third kappa shape index (κ3) is 5.82. The van der Waals surface area contributed by atoms with Crippen LogP contribution < -0.4 is 5.73 Å². The van der Waals surface area contributed by atoms with Gasteiger partial charge in [0.2, 0.25) is 0 Å². The first-order chi connectivity index (χ1) is 18.9. The molecule has 8 nitrogen and oxygen atoms in total. The van der Waals surface area contributed by atoms with Crippen LogP contribution in [0.5, 0.6) is 0 Å². The van der Waals surface area contributed by atoms with Crippen LogP contribution in [0.25, 0.3) is 16.8 Å². The molecule has 2 aromatic carbocycles. The van der Waals surface area contributed by atoms with Crippen molar-refractivity contribution in [3.05, 3.63) is 112 Å². The Balaban J connectivity index is 1.37. The average Bonchev–Trinajstić information content (AvgIpc) is 3.32. The first-order valence-corrected chi connectivity index (χ1v) is 13.0. The molecule has 3 aromatic heterocycles. The fraction of sp³-hybridized carbons (Fsp3) is 0.267. The number of nitroso groups, excluding NO2 is 1. The zero-order valence-corrected chi connectivity index (χ0v) is 22.0. The monoisotopic (exact) mass is 523 g/mol. The fourth-order valence-corrected chi connectivity index (χ4v) is 4.88. The topological polar surface area (TPSA) is 111 Å². The van der Waals surface area contributed by atoms with Crippen molar-refractivity contribution in [3.63, 3.8) is 0 Å². The number of anilines is 1. The van der Waals surface area contributed by atoms with Gasteiger partial charge in [-0.05, 0) is 67.0 Å². The molecule has 198 valence electrons. The van der Waals surface area contributed by atoms with Crippen molar-refractivity contribution in [3.8, 4) is 11.3 Å². The maximum Gasteiger partial charge on any atom is 0.150 e. The highest BCUT2D eigenvalue weighted by Crippen LogP contribution is 2.32. The van der Waals surface area contributed by atoms with E-state index in [0.29, 0.717) is 29.9 Å². The van der Waals surface area contributed by atoms with E-state index in [1.54, 1.807) is 18.3 Å². The van der Waals surface area contributed by atoms with Crippen LogP contribution in [0.2, 0.25) is 0 Å². The number of hydrogen-bond acceptors (Lipinski definition) is 7. The van der Waals surface area contributed by atoms with E-state index in [1.807, 2.05) is 61.1 Å². The predicted molar refractivity (Wildman–Crippen MR) is 150 cm³/mol. The summed E-state index contributed by atoms with van der Waals surface area (Å²) < 4.78 is 16.4. The number of benzene rings is 2. The summed E-state index contributed by atoms with van der Waals surface area (Å²) in [6.45, 7) is 4.00. The van der Waals surface area contributed by atoms with E-state index < -0.39 is 0 Å². The molecule has 9 heteroatoms. The molecule has 3 heterocycles. The molecule has 0 amide bonds. The fourth-order valence-electron chi connectivity index (χ4n) is 4.88. The lowest BCUT2D eigenvalue weighted by molar-refractivity contribution is 0.623. The third-order valence-electron chi connectivity index (χ3n) is 6.95. The summed E-state index contributed by atoms with van der Waals surface area (Å²) in [5.74, 6) is 1.48. The number of nitrogen functional groups attached to an aromatic ring is 1. The number of nitrogens with zero attached hydrogens (tertiary/aromatic N) is 6. The number of aryl methyl sites for hydroxylation is 3. The predicted octanol–water partition coefficient (Wildman–Crippen LogP) is 5.85. The SMILES string of the molecule is CCC(CN=O)c1nc(-c2ccc(Cc3cc(F)cc(CCc4cnc(C)nc4)c3)cc2)c2c(N)nccn12. The Kier molecular flexibility index (Phi) is 7.67. The second-order valence-electron chi connectivity index (χ2n) is 9.75. The van der Waals surface area contributed by atoms with Gasteiger partial charge in [0.15, 0.2) is 0 Å². The summed E-state index contributed by atoms with van der Waals surface area (Å²) in [4.78, 5) is 28.6. The molecule has 0 bridgehead atoms. The molecule has 1 atom stereocenters. The highest BCUT2D eigenvalue weighted by Gasteiger charge is 2.21. The van der Waals surface area contributed by atoms with E-state index in [-0.39, 0.29) is 18.3 Å². The van der Waals surface area contributed by atoms with Crippen molar-refractivity contribution in [1.29, 1.82) is 0 Å². The Morgan fingerprint density at radius 3 is 2.41 bits per heavy atom. The minimum atomic E-state index is -0.241. The number of nitrogens with two attached hydrogens (primary N) is 1. The normalized spacial score (nSPS) is 12.1. The largest absolute Gasteiger partial charge is 0.382 e. The highest BCUT2D eigenvalue weighted by molar-refractivity contribution is 5.85. The number of aromatic nitrogens is 5. The standard InChI is InChI=1S/C30H30FN7O/c1-3-24(18-36-39)30-37-27(28-29(32)33-10-11-38(28)30)25-8-6-20(7-9-25)12-23-13-21(14-26(31)15-23)4-5-22-16-34-19(2)35-17-22/h6-11,13-17,24H,3-5,12,18H2,1-2H3,(H2,32,33). The molecule has 5 rings (SSSR count). The van der Waals surface area contributed by atoms with Crippen molar-refractivity contribution in [2.45, 2.75) is 45.4 Å². The maximum atomic E-state index is 14.5. The second-order valence-corrected chi connectivity index (χ2v) is 9.75. The number of hydrogen-bond donors (Lipinski definition) is 1. The van der Waals surface area contributed by atoms with Crippen LogP contribution in [0, 0.1) is 17.6 Å². The van der Waals surface area contributed by atoms with Crippen LogP contribution >= 0.6 is 0 Å². The molecular formula is C30H30FN7O. The van der Waals surface area contributed by atoms with Gasteiger partial charge in [-0.1, -0.05) is 42.4 Å². The molecular weight excluding hydrogens is 493 g/mol. The van der Waals surface area contributed by atoms with Crippen LogP contribution in [-0.4, -0.2) is 30.9 Å². The van der Waals surface area contributed by atoms with Gasteiger partial charge in [-0.2, -0.15) is 4.91 Å². The molecule has 0 saturated heterocycles. The average molecular weight is 524 g/mol. The van der Waals surface area contributed by atoms with Gasteiger partial charge in [-0.3, -0.25) is 4.40 Å². The van der Waals surface area contributed by atoms with E-state index in [1.165, 1.54) is 0 Å². The van der Waals surface area contributed by atoms with Gasteiger partial charge in [-0.15, -0.1) is 0 Å². The van der Waals surface area contributed by atoms with Crippen molar-refractivity contribution in [2.75, 3.05) is 12.3 Å². The van der Waals surface area contributed by atoms with Crippen LogP contribution in [0.3, 0.4) is 0 Å². The van der Waals surface area contributed by atoms with Crippen molar-refractivity contribution < 1.29 is 4.39 Å². The van der Waals surface area contributed by atoms with Gasteiger partial charge in [-0.25, -0.2) is 24.3 Å². The third-order valence-corrected chi connectivity index (χ3v) is 6.95. The smallest absolute Gasteiger partial charge is 0.150 e. The summed E-state index contributed by atoms with van der Waals surface area (Å²) in [6.07, 6.45) is 9.86. The molecule has 0 spiro atoms. The van der Waals surface area contributed by atoms with Crippen LogP contribution in [-0.2, 0) is 19.3 Å². The molecule has 0 fully saturated rings. The minimum Gasteiger partial charge on any atom is -0.382 e. The molecule has 1 unspecified atom stereocenters. The van der Waals surface area contributed by atoms with Crippen molar-refractivity contribution in [1.82, 2.24) is 24.3 Å². The lowest BCUT2D eigenvalue weighted by Gasteiger charge is -2.09. The Morgan fingerprint density at radius 1 is 0.974 bits per heavy atom. The number of imidazole rings is 1. The van der Waals surface area contributed by atoms with Gasteiger partial charge in [0.25, 0.3) is 0 Å².